The average Bonchev–Trinajstić information content (AvgIpc) is 3.47. The highest BCUT2D eigenvalue weighted by Crippen LogP contribution is 2.62. The van der Waals surface area contributed by atoms with E-state index in [0.29, 0.717) is 23.8 Å². The van der Waals surface area contributed by atoms with E-state index >= 15 is 0 Å². The molecule has 3 aliphatic rings. The minimum absolute atomic E-state index is 0.0185. The highest BCUT2D eigenvalue weighted by molar-refractivity contribution is 8.41. The van der Waals surface area contributed by atoms with Crippen molar-refractivity contribution in [1.82, 2.24) is 15.2 Å². The number of nitrogens with one attached hydrogen (secondary N) is 1. The Kier molecular flexibility index (Phi) is 6.81. The van der Waals surface area contributed by atoms with Gasteiger partial charge in [0.2, 0.25) is 5.91 Å². The number of nitrogens with zero attached hydrogens (tertiary/aromatic N) is 4. The number of aliphatic imine (C=N–C) groups is 2. The Morgan fingerprint density at radius 2 is 2.00 bits per heavy atom. The summed E-state index contributed by atoms with van der Waals surface area (Å²) in [5.74, 6) is 4.49. The van der Waals surface area contributed by atoms with E-state index in [9.17, 15) is 14.4 Å². The SMILES string of the molecule is CC(=O)NCc1ccc(C2=CS3(OC(=O)C(=O)O3)C(/N=C/N(N)CCN3CCCCC3)=N2)o1. The molecule has 4 heterocycles. The van der Waals surface area contributed by atoms with Gasteiger partial charge < -0.3 is 23.0 Å². The Bertz CT molecular complexity index is 1010. The van der Waals surface area contributed by atoms with E-state index in [1.807, 2.05) is 0 Å². The van der Waals surface area contributed by atoms with E-state index in [1.54, 1.807) is 12.1 Å². The molecule has 0 saturated carbocycles. The van der Waals surface area contributed by atoms with Gasteiger partial charge in [0.25, 0.3) is 5.17 Å². The third-order valence-electron chi connectivity index (χ3n) is 5.17. The van der Waals surface area contributed by atoms with Gasteiger partial charge in [-0.25, -0.2) is 25.4 Å². The van der Waals surface area contributed by atoms with Gasteiger partial charge in [-0.15, -0.1) is 0 Å². The molecule has 0 aromatic carbocycles. The third kappa shape index (κ3) is 5.43. The van der Waals surface area contributed by atoms with Crippen LogP contribution in [0.3, 0.4) is 0 Å². The maximum absolute atomic E-state index is 11.8. The van der Waals surface area contributed by atoms with Gasteiger partial charge >= 0.3 is 11.9 Å². The van der Waals surface area contributed by atoms with Crippen LogP contribution in [0.1, 0.15) is 37.7 Å². The summed E-state index contributed by atoms with van der Waals surface area (Å²) in [6, 6.07) is 3.33. The van der Waals surface area contributed by atoms with Crippen LogP contribution in [0.2, 0.25) is 0 Å². The molecular formula is C20H26N6O6S. The number of amides is 1. The highest BCUT2D eigenvalue weighted by Gasteiger charge is 2.48. The number of carbonyl (C=O) groups is 3. The fourth-order valence-corrected chi connectivity index (χ4v) is 5.34. The van der Waals surface area contributed by atoms with Crippen molar-refractivity contribution in [2.75, 3.05) is 26.2 Å². The molecule has 3 N–H and O–H groups in total. The van der Waals surface area contributed by atoms with Crippen LogP contribution in [0.5, 0.6) is 0 Å². The number of hydrogen-bond donors (Lipinski definition) is 2. The number of hydrogen-bond acceptors (Lipinski definition) is 10. The van der Waals surface area contributed by atoms with Gasteiger partial charge in [-0.3, -0.25) is 9.80 Å². The summed E-state index contributed by atoms with van der Waals surface area (Å²) in [6.45, 7) is 5.06. The first-order chi connectivity index (χ1) is 15.8. The van der Waals surface area contributed by atoms with Gasteiger partial charge in [-0.2, -0.15) is 0 Å². The molecule has 12 nitrogen and oxygen atoms in total. The number of likely N-dealkylation sites (tertiary alicyclic amines) is 1. The molecule has 0 atom stereocenters. The molecule has 3 aliphatic heterocycles. The summed E-state index contributed by atoms with van der Waals surface area (Å²) in [5, 5.41) is 5.50. The predicted octanol–water partition coefficient (Wildman–Crippen LogP) is 1.01. The fraction of sp³-hybridized carbons (Fsp3) is 0.450. The Morgan fingerprint density at radius 3 is 2.70 bits per heavy atom. The van der Waals surface area contributed by atoms with Gasteiger partial charge in [0.05, 0.1) is 12.0 Å². The first-order valence-electron chi connectivity index (χ1n) is 10.6. The van der Waals surface area contributed by atoms with E-state index in [-0.39, 0.29) is 17.6 Å². The molecule has 0 bridgehead atoms. The van der Waals surface area contributed by atoms with Crippen molar-refractivity contribution in [3.63, 3.8) is 0 Å². The molecule has 1 aromatic heterocycles. The molecule has 4 rings (SSSR count). The van der Waals surface area contributed by atoms with Crippen LogP contribution in [-0.2, 0) is 29.3 Å². The van der Waals surface area contributed by atoms with Gasteiger partial charge in [-0.1, -0.05) is 6.42 Å². The second-order valence-electron chi connectivity index (χ2n) is 7.74. The molecule has 2 saturated heterocycles. The van der Waals surface area contributed by atoms with E-state index in [1.165, 1.54) is 42.9 Å². The maximum atomic E-state index is 11.8. The number of furan rings is 1. The van der Waals surface area contributed by atoms with Crippen LogP contribution in [0.4, 0.5) is 0 Å². The lowest BCUT2D eigenvalue weighted by molar-refractivity contribution is -0.150. The molecule has 1 amide bonds. The number of nitrogens with two attached hydrogens (primary N) is 1. The molecule has 1 spiro atoms. The van der Waals surface area contributed by atoms with Crippen LogP contribution in [-0.4, -0.2) is 65.4 Å². The lowest BCUT2D eigenvalue weighted by atomic mass is 10.1. The van der Waals surface area contributed by atoms with Gasteiger partial charge in [0, 0.05) is 20.0 Å². The van der Waals surface area contributed by atoms with Gasteiger partial charge in [0.15, 0.2) is 5.76 Å². The van der Waals surface area contributed by atoms with Crippen LogP contribution in [0.15, 0.2) is 31.9 Å². The molecule has 0 aliphatic carbocycles. The molecule has 178 valence electrons. The van der Waals surface area contributed by atoms with E-state index in [2.05, 4.69) is 20.2 Å². The molecule has 0 radical (unpaired) electrons. The fourth-order valence-electron chi connectivity index (χ4n) is 3.48. The molecule has 2 fully saturated rings. The van der Waals surface area contributed by atoms with Crippen molar-refractivity contribution in [2.45, 2.75) is 32.7 Å². The summed E-state index contributed by atoms with van der Waals surface area (Å²) >= 11 is 0. The van der Waals surface area contributed by atoms with Crippen molar-refractivity contribution < 1.29 is 27.2 Å². The van der Waals surface area contributed by atoms with Crippen molar-refractivity contribution in [2.24, 2.45) is 15.8 Å². The quantitative estimate of drug-likeness (QED) is 0.192. The highest BCUT2D eigenvalue weighted by atomic mass is 32.3. The minimum Gasteiger partial charge on any atom is -0.458 e. The van der Waals surface area contributed by atoms with Crippen LogP contribution in [0.25, 0.3) is 5.70 Å². The van der Waals surface area contributed by atoms with E-state index in [4.69, 9.17) is 18.6 Å². The van der Waals surface area contributed by atoms with Crippen molar-refractivity contribution in [3.8, 4) is 0 Å². The number of hydrazine groups is 1. The molecule has 13 heteroatoms. The third-order valence-corrected chi connectivity index (χ3v) is 7.21. The maximum Gasteiger partial charge on any atom is 0.442 e. The number of amidine groups is 1. The van der Waals surface area contributed by atoms with Gasteiger partial charge in [0.1, 0.15) is 17.8 Å². The Morgan fingerprint density at radius 1 is 1.27 bits per heavy atom. The largest absolute Gasteiger partial charge is 0.458 e. The summed E-state index contributed by atoms with van der Waals surface area (Å²) in [4.78, 5) is 45.7. The Hall–Kier alpha value is -3.16. The van der Waals surface area contributed by atoms with E-state index < -0.39 is 22.5 Å². The summed E-state index contributed by atoms with van der Waals surface area (Å²) in [6.07, 6.45) is 5.00. The van der Waals surface area contributed by atoms with Crippen LogP contribution in [0, 0.1) is 0 Å². The molecule has 33 heavy (non-hydrogen) atoms. The second kappa shape index (κ2) is 9.77. The Labute approximate surface area is 192 Å². The van der Waals surface area contributed by atoms with Crippen molar-refractivity contribution in [3.05, 3.63) is 29.1 Å². The van der Waals surface area contributed by atoms with Crippen LogP contribution >= 0.6 is 10.6 Å². The van der Waals surface area contributed by atoms with Crippen molar-refractivity contribution in [1.29, 1.82) is 0 Å². The monoisotopic (exact) mass is 478 g/mol. The smallest absolute Gasteiger partial charge is 0.442 e. The van der Waals surface area contributed by atoms with E-state index in [0.717, 1.165) is 19.6 Å². The lowest BCUT2D eigenvalue weighted by Gasteiger charge is -2.28. The lowest BCUT2D eigenvalue weighted by Crippen LogP contribution is -2.40. The summed E-state index contributed by atoms with van der Waals surface area (Å²) in [5.41, 5.74) is 0.297. The normalized spacial score (nSPS) is 21.0. The van der Waals surface area contributed by atoms with Crippen LogP contribution < -0.4 is 11.2 Å². The second-order valence-corrected chi connectivity index (χ2v) is 9.77. The average molecular weight is 479 g/mol. The van der Waals surface area contributed by atoms with Gasteiger partial charge in [-0.05, 0) is 48.7 Å². The first-order valence-corrected chi connectivity index (χ1v) is 12.1. The first kappa shape index (κ1) is 23.0. The predicted molar refractivity (Wildman–Crippen MR) is 121 cm³/mol. The summed E-state index contributed by atoms with van der Waals surface area (Å²) in [7, 11) is -2.94. The zero-order valence-corrected chi connectivity index (χ0v) is 19.0. The molecular weight excluding hydrogens is 452 g/mol. The number of rotatable bonds is 7. The zero-order valence-electron chi connectivity index (χ0n) is 18.2. The standard InChI is InChI=1S/C20H26N6O6S/c1-14(27)22-11-15-5-6-17(30-15)16-12-33(31-18(28)19(29)32-33)20(24-16)23-13-26(21)10-9-25-7-3-2-4-8-25/h5-6,12-13H,2-4,7-11,21H2,1H3,(H,22,27)/b23-13+. The number of carbonyl (C=O) groups excluding carboxylic acids is 3. The molecule has 1 aromatic rings. The Balaban J connectivity index is 1.48. The number of piperidine rings is 1. The van der Waals surface area contributed by atoms with Crippen molar-refractivity contribution >= 4 is 45.6 Å². The topological polar surface area (TPSA) is 152 Å². The minimum atomic E-state index is -2.94. The molecule has 0 unspecified atom stereocenters. The zero-order chi connectivity index (χ0) is 23.4. The summed E-state index contributed by atoms with van der Waals surface area (Å²) < 4.78 is 16.2.